The molecular formula is C21H24N4O3S. The molecule has 29 heavy (non-hydrogen) atoms. The highest BCUT2D eigenvalue weighted by molar-refractivity contribution is 7.71. The minimum atomic E-state index is -0.0427. The summed E-state index contributed by atoms with van der Waals surface area (Å²) in [6, 6.07) is 11.3. The number of hydrogen-bond acceptors (Lipinski definition) is 6. The van der Waals surface area contributed by atoms with Crippen LogP contribution in [-0.2, 0) is 17.7 Å². The van der Waals surface area contributed by atoms with E-state index in [9.17, 15) is 10.2 Å². The molecule has 0 spiro atoms. The third-order valence-electron chi connectivity index (χ3n) is 5.20. The van der Waals surface area contributed by atoms with Gasteiger partial charge in [0.05, 0.1) is 18.8 Å². The van der Waals surface area contributed by atoms with Gasteiger partial charge in [-0.15, -0.1) is 0 Å². The number of aromatic hydroxyl groups is 2. The second-order valence-electron chi connectivity index (χ2n) is 7.09. The first-order chi connectivity index (χ1) is 14.1. The molecule has 1 aliphatic rings. The molecule has 2 heterocycles. The second kappa shape index (κ2) is 8.36. The Morgan fingerprint density at radius 1 is 1.10 bits per heavy atom. The van der Waals surface area contributed by atoms with Crippen LogP contribution in [0.4, 0.5) is 0 Å². The van der Waals surface area contributed by atoms with Crippen LogP contribution in [0.1, 0.15) is 18.1 Å². The van der Waals surface area contributed by atoms with Crippen molar-refractivity contribution in [1.82, 2.24) is 19.7 Å². The number of rotatable bonds is 5. The molecule has 0 saturated carbocycles. The van der Waals surface area contributed by atoms with E-state index in [2.05, 4.69) is 27.2 Å². The highest BCUT2D eigenvalue weighted by Gasteiger charge is 2.17. The average Bonchev–Trinajstić information content (AvgIpc) is 3.11. The lowest BCUT2D eigenvalue weighted by molar-refractivity contribution is 0.0342. The van der Waals surface area contributed by atoms with Gasteiger partial charge in [-0.2, -0.15) is 5.10 Å². The summed E-state index contributed by atoms with van der Waals surface area (Å²) < 4.78 is 7.63. The van der Waals surface area contributed by atoms with Gasteiger partial charge in [0.15, 0.2) is 10.6 Å². The normalized spacial score (nSPS) is 14.9. The van der Waals surface area contributed by atoms with E-state index in [1.807, 2.05) is 19.1 Å². The number of morpholine rings is 1. The first-order valence-electron chi connectivity index (χ1n) is 9.69. The average molecular weight is 413 g/mol. The fraction of sp³-hybridized carbons (Fsp3) is 0.333. The van der Waals surface area contributed by atoms with Crippen LogP contribution < -0.4 is 0 Å². The molecule has 1 aromatic heterocycles. The molecule has 1 saturated heterocycles. The largest absolute Gasteiger partial charge is 0.508 e. The van der Waals surface area contributed by atoms with Crippen LogP contribution in [0.3, 0.4) is 0 Å². The summed E-state index contributed by atoms with van der Waals surface area (Å²) >= 11 is 5.44. The number of nitrogens with zero attached hydrogens (tertiary/aromatic N) is 3. The van der Waals surface area contributed by atoms with Crippen LogP contribution in [0.25, 0.3) is 17.1 Å². The maximum atomic E-state index is 10.4. The number of benzene rings is 2. The van der Waals surface area contributed by atoms with Crippen molar-refractivity contribution in [3.8, 4) is 28.6 Å². The van der Waals surface area contributed by atoms with Crippen LogP contribution in [-0.4, -0.2) is 56.2 Å². The Hall–Kier alpha value is -2.68. The molecule has 2 aromatic carbocycles. The van der Waals surface area contributed by atoms with Crippen molar-refractivity contribution in [2.45, 2.75) is 19.9 Å². The summed E-state index contributed by atoms with van der Waals surface area (Å²) in [7, 11) is 0. The Balaban J connectivity index is 1.67. The van der Waals surface area contributed by atoms with Crippen LogP contribution >= 0.6 is 12.2 Å². The van der Waals surface area contributed by atoms with E-state index in [1.165, 1.54) is 11.6 Å². The number of H-pyrrole nitrogens is 1. The molecule has 1 aliphatic heterocycles. The van der Waals surface area contributed by atoms with Gasteiger partial charge in [0.1, 0.15) is 11.5 Å². The smallest absolute Gasteiger partial charge is 0.200 e. The molecule has 0 aliphatic carbocycles. The van der Waals surface area contributed by atoms with Gasteiger partial charge in [-0.25, -0.2) is 0 Å². The van der Waals surface area contributed by atoms with E-state index in [-0.39, 0.29) is 11.5 Å². The Kier molecular flexibility index (Phi) is 5.66. The van der Waals surface area contributed by atoms with Gasteiger partial charge < -0.3 is 14.9 Å². The van der Waals surface area contributed by atoms with Crippen LogP contribution in [0, 0.1) is 4.77 Å². The molecule has 0 amide bonds. The Morgan fingerprint density at radius 2 is 1.83 bits per heavy atom. The van der Waals surface area contributed by atoms with Crippen LogP contribution in [0.5, 0.6) is 11.5 Å². The Labute approximate surface area is 174 Å². The molecule has 7 nitrogen and oxygen atoms in total. The summed E-state index contributed by atoms with van der Waals surface area (Å²) in [5.41, 5.74) is 3.33. The zero-order chi connectivity index (χ0) is 20.4. The SMILES string of the molecule is CCc1cc(-c2n[nH]c(=S)n2-c2ccc(CN3CCOCC3)cc2)c(O)cc1O. The number of nitrogens with one attached hydrogen (secondary N) is 1. The van der Waals surface area contributed by atoms with Crippen molar-refractivity contribution in [3.05, 3.63) is 52.3 Å². The molecule has 0 bridgehead atoms. The van der Waals surface area contributed by atoms with E-state index in [0.717, 1.165) is 44.1 Å². The molecule has 3 aromatic rings. The zero-order valence-corrected chi connectivity index (χ0v) is 17.1. The Bertz CT molecular complexity index is 1050. The van der Waals surface area contributed by atoms with Gasteiger partial charge in [0, 0.05) is 31.4 Å². The first-order valence-corrected chi connectivity index (χ1v) is 10.1. The van der Waals surface area contributed by atoms with Crippen molar-refractivity contribution in [3.63, 3.8) is 0 Å². The molecule has 0 unspecified atom stereocenters. The molecule has 0 radical (unpaired) electrons. The van der Waals surface area contributed by atoms with E-state index < -0.39 is 0 Å². The fourth-order valence-electron chi connectivity index (χ4n) is 3.57. The van der Waals surface area contributed by atoms with Gasteiger partial charge in [0.25, 0.3) is 0 Å². The first kappa shape index (κ1) is 19.6. The van der Waals surface area contributed by atoms with Gasteiger partial charge in [-0.3, -0.25) is 14.6 Å². The van der Waals surface area contributed by atoms with E-state index >= 15 is 0 Å². The standard InChI is InChI=1S/C21H24N4O3S/c1-2-15-11-17(19(27)12-18(15)26)20-22-23-21(29)25(20)16-5-3-14(4-6-16)13-24-7-9-28-10-8-24/h3-6,11-12,26-27H,2,7-10,13H2,1H3,(H,23,29). The zero-order valence-electron chi connectivity index (χ0n) is 16.3. The third-order valence-corrected chi connectivity index (χ3v) is 5.47. The number of phenols is 2. The van der Waals surface area contributed by atoms with Gasteiger partial charge >= 0.3 is 0 Å². The minimum Gasteiger partial charge on any atom is -0.508 e. The highest BCUT2D eigenvalue weighted by atomic mass is 32.1. The van der Waals surface area contributed by atoms with E-state index in [0.29, 0.717) is 22.6 Å². The summed E-state index contributed by atoms with van der Waals surface area (Å²) in [6.45, 7) is 6.27. The van der Waals surface area contributed by atoms with E-state index in [1.54, 1.807) is 10.6 Å². The maximum Gasteiger partial charge on any atom is 0.200 e. The lowest BCUT2D eigenvalue weighted by Crippen LogP contribution is -2.35. The molecular weight excluding hydrogens is 388 g/mol. The number of aromatic amines is 1. The number of aromatic nitrogens is 3. The van der Waals surface area contributed by atoms with Crippen molar-refractivity contribution in [2.75, 3.05) is 26.3 Å². The molecule has 152 valence electrons. The molecule has 1 fully saturated rings. The third kappa shape index (κ3) is 4.05. The number of aryl methyl sites for hydroxylation is 1. The number of ether oxygens (including phenoxy) is 1. The number of phenolic OH excluding ortho intramolecular Hbond substituents is 2. The number of hydrogen-bond donors (Lipinski definition) is 3. The molecule has 8 heteroatoms. The van der Waals surface area contributed by atoms with Crippen molar-refractivity contribution < 1.29 is 14.9 Å². The van der Waals surface area contributed by atoms with Crippen molar-refractivity contribution in [2.24, 2.45) is 0 Å². The van der Waals surface area contributed by atoms with Gasteiger partial charge in [-0.05, 0) is 48.0 Å². The molecule has 4 rings (SSSR count). The van der Waals surface area contributed by atoms with Crippen LogP contribution in [0.15, 0.2) is 36.4 Å². The molecule has 0 atom stereocenters. The summed E-state index contributed by atoms with van der Waals surface area (Å²) in [5.74, 6) is 0.531. The lowest BCUT2D eigenvalue weighted by Gasteiger charge is -2.26. The summed E-state index contributed by atoms with van der Waals surface area (Å²) in [5, 5.41) is 27.5. The highest BCUT2D eigenvalue weighted by Crippen LogP contribution is 2.35. The molecule has 3 N–H and O–H groups in total. The summed E-state index contributed by atoms with van der Waals surface area (Å²) in [4.78, 5) is 2.37. The van der Waals surface area contributed by atoms with Crippen molar-refractivity contribution in [1.29, 1.82) is 0 Å². The van der Waals surface area contributed by atoms with Crippen molar-refractivity contribution >= 4 is 12.2 Å². The predicted molar refractivity (Wildman–Crippen MR) is 113 cm³/mol. The van der Waals surface area contributed by atoms with Gasteiger partial charge in [0.2, 0.25) is 0 Å². The minimum absolute atomic E-state index is 0.0427. The second-order valence-corrected chi connectivity index (χ2v) is 7.48. The fourth-order valence-corrected chi connectivity index (χ4v) is 3.81. The van der Waals surface area contributed by atoms with Crippen LogP contribution in [0.2, 0.25) is 0 Å². The topological polar surface area (TPSA) is 86.5 Å². The quantitative estimate of drug-likeness (QED) is 0.557. The lowest BCUT2D eigenvalue weighted by atomic mass is 10.1. The summed E-state index contributed by atoms with van der Waals surface area (Å²) in [6.07, 6.45) is 0.639. The monoisotopic (exact) mass is 412 g/mol. The van der Waals surface area contributed by atoms with Gasteiger partial charge in [-0.1, -0.05) is 19.1 Å². The maximum absolute atomic E-state index is 10.4. The predicted octanol–water partition coefficient (Wildman–Crippen LogP) is 3.40. The Morgan fingerprint density at radius 3 is 2.52 bits per heavy atom. The van der Waals surface area contributed by atoms with E-state index in [4.69, 9.17) is 17.0 Å².